The second-order valence-corrected chi connectivity index (χ2v) is 16.2. The van der Waals surface area contributed by atoms with Crippen molar-refractivity contribution in [1.82, 2.24) is 0 Å². The lowest BCUT2D eigenvalue weighted by molar-refractivity contribution is -0.870. The third kappa shape index (κ3) is 40.9. The number of allylic oxidation sites excluding steroid dienone is 15. The number of aliphatic hydroxyl groups excluding tert-OH is 1. The highest BCUT2D eigenvalue weighted by atomic mass is 31.2. The number of aliphatic hydroxyl groups is 1. The smallest absolute Gasteiger partial charge is 0.306 e. The van der Waals surface area contributed by atoms with E-state index < -0.39 is 38.6 Å². The molecule has 0 aromatic heterocycles. The summed E-state index contributed by atoms with van der Waals surface area (Å²) in [6.45, 7) is 3.77. The van der Waals surface area contributed by atoms with Crippen LogP contribution >= 0.6 is 7.82 Å². The van der Waals surface area contributed by atoms with E-state index in [0.29, 0.717) is 30.3 Å². The Balaban J connectivity index is 4.69. The molecule has 0 aromatic rings. The van der Waals surface area contributed by atoms with Gasteiger partial charge in [0, 0.05) is 12.8 Å². The normalized spacial score (nSPS) is 15.1. The second-order valence-electron chi connectivity index (χ2n) is 14.8. The maximum atomic E-state index is 12.7. The fraction of sp³-hybridized carbons (Fsp3) is 0.609. The molecule has 0 aliphatic carbocycles. The first kappa shape index (κ1) is 53.9. The lowest BCUT2D eigenvalue weighted by Crippen LogP contribution is -2.37. The Hall–Kier alpha value is -3.11. The molecule has 0 amide bonds. The Bertz CT molecular complexity index is 1310. The average Bonchev–Trinajstić information content (AvgIpc) is 3.15. The molecule has 324 valence electrons. The van der Waals surface area contributed by atoms with Crippen molar-refractivity contribution in [3.05, 3.63) is 97.2 Å². The van der Waals surface area contributed by atoms with E-state index in [-0.39, 0.29) is 26.1 Å². The van der Waals surface area contributed by atoms with Gasteiger partial charge in [0.2, 0.25) is 0 Å². The van der Waals surface area contributed by atoms with Gasteiger partial charge in [-0.05, 0) is 83.5 Å². The zero-order valence-electron chi connectivity index (χ0n) is 35.8. The third-order valence-corrected chi connectivity index (χ3v) is 9.16. The van der Waals surface area contributed by atoms with Gasteiger partial charge in [0.1, 0.15) is 19.8 Å². The number of carbonyl (C=O) groups is 2. The molecule has 0 bridgehead atoms. The van der Waals surface area contributed by atoms with Crippen molar-refractivity contribution >= 4 is 19.8 Å². The number of esters is 2. The molecular formula is C46H76NO9P. The van der Waals surface area contributed by atoms with E-state index in [4.69, 9.17) is 18.5 Å². The molecule has 0 rings (SSSR count). The van der Waals surface area contributed by atoms with Crippen LogP contribution in [0.3, 0.4) is 0 Å². The first-order valence-corrected chi connectivity index (χ1v) is 22.5. The predicted octanol–water partition coefficient (Wildman–Crippen LogP) is 10.1. The Labute approximate surface area is 346 Å². The lowest BCUT2D eigenvalue weighted by Gasteiger charge is -2.28. The van der Waals surface area contributed by atoms with Gasteiger partial charge in [-0.3, -0.25) is 14.2 Å². The van der Waals surface area contributed by atoms with Crippen LogP contribution in [0.25, 0.3) is 0 Å². The number of ether oxygens (including phenoxy) is 2. The number of likely N-dealkylation sites (N-methyl/N-ethyl adjacent to an activating group) is 1. The van der Waals surface area contributed by atoms with E-state index in [1.54, 1.807) is 12.2 Å². The number of phosphoric ester groups is 1. The molecule has 2 unspecified atom stereocenters. The molecule has 1 N–H and O–H groups in total. The second kappa shape index (κ2) is 37.2. The predicted molar refractivity (Wildman–Crippen MR) is 232 cm³/mol. The van der Waals surface area contributed by atoms with Crippen LogP contribution in [-0.4, -0.2) is 81.2 Å². The molecule has 3 atom stereocenters. The minimum Gasteiger partial charge on any atom is -0.756 e. The van der Waals surface area contributed by atoms with Gasteiger partial charge in [0.05, 0.1) is 33.9 Å². The van der Waals surface area contributed by atoms with Gasteiger partial charge in [-0.2, -0.15) is 0 Å². The molecule has 0 radical (unpaired) electrons. The summed E-state index contributed by atoms with van der Waals surface area (Å²) in [6.07, 6.45) is 44.7. The molecular weight excluding hydrogens is 741 g/mol. The summed E-state index contributed by atoms with van der Waals surface area (Å²) < 4.78 is 33.6. The van der Waals surface area contributed by atoms with Crippen LogP contribution in [0.4, 0.5) is 0 Å². The Kier molecular flexibility index (Phi) is 35.2. The number of quaternary nitrogens is 1. The summed E-state index contributed by atoms with van der Waals surface area (Å²) >= 11 is 0. The Morgan fingerprint density at radius 3 is 1.79 bits per heavy atom. The molecule has 0 heterocycles. The van der Waals surface area contributed by atoms with Gasteiger partial charge in [0.25, 0.3) is 7.82 Å². The fourth-order valence-corrected chi connectivity index (χ4v) is 5.59. The largest absolute Gasteiger partial charge is 0.756 e. The van der Waals surface area contributed by atoms with Gasteiger partial charge >= 0.3 is 11.9 Å². The number of nitrogens with zero attached hydrogens (tertiary/aromatic N) is 1. The minimum absolute atomic E-state index is 0.0200. The van der Waals surface area contributed by atoms with E-state index in [2.05, 4.69) is 86.8 Å². The zero-order valence-corrected chi connectivity index (χ0v) is 36.7. The Morgan fingerprint density at radius 2 is 1.21 bits per heavy atom. The standard InChI is InChI=1S/C46H76NO9P/c1-6-8-10-12-14-16-18-20-21-23-25-27-29-31-33-37-45(49)53-41-44(42-55-57(51,52)54-40-39-47(3,4)5)56-46(50)38-34-36-43(48)35-32-30-28-26-24-22-19-17-15-13-11-9-7-2/h9,11,14-17,20-22,24-25,27-28,30,32,35,43-44,48H,6-8,10,12-13,18-19,23,26,29,31,33-34,36-42H2,1-5H3/b11-9-,16-14-,17-15-,21-20-,24-22-,27-25-,30-28-,35-32+/t43?,44-/m1/s1. The molecule has 0 aliphatic rings. The third-order valence-electron chi connectivity index (χ3n) is 8.19. The molecule has 10 nitrogen and oxygen atoms in total. The highest BCUT2D eigenvalue weighted by Crippen LogP contribution is 2.38. The van der Waals surface area contributed by atoms with E-state index in [9.17, 15) is 24.2 Å². The van der Waals surface area contributed by atoms with Gasteiger partial charge < -0.3 is 33.0 Å². The fourth-order valence-electron chi connectivity index (χ4n) is 4.86. The number of carbonyl (C=O) groups excluding carboxylic acids is 2. The van der Waals surface area contributed by atoms with Crippen molar-refractivity contribution in [2.75, 3.05) is 47.5 Å². The van der Waals surface area contributed by atoms with Gasteiger partial charge in [-0.25, -0.2) is 0 Å². The minimum atomic E-state index is -4.69. The molecule has 0 saturated heterocycles. The summed E-state index contributed by atoms with van der Waals surface area (Å²) in [5, 5.41) is 10.3. The monoisotopic (exact) mass is 818 g/mol. The summed E-state index contributed by atoms with van der Waals surface area (Å²) in [7, 11) is 1.01. The maximum Gasteiger partial charge on any atom is 0.306 e. The number of rotatable bonds is 36. The summed E-state index contributed by atoms with van der Waals surface area (Å²) in [5.41, 5.74) is 0. The van der Waals surface area contributed by atoms with Crippen LogP contribution in [0.1, 0.15) is 123 Å². The molecule has 57 heavy (non-hydrogen) atoms. The van der Waals surface area contributed by atoms with Crippen molar-refractivity contribution in [2.45, 2.75) is 135 Å². The van der Waals surface area contributed by atoms with Crippen molar-refractivity contribution in [2.24, 2.45) is 0 Å². The topological polar surface area (TPSA) is 131 Å². The first-order valence-electron chi connectivity index (χ1n) is 21.1. The first-order chi connectivity index (χ1) is 27.4. The SMILES string of the molecule is CC/C=C\C/C=C\C/C=C\C/C=C\C=C\C(O)CCCC(=O)O[C@H](COC(=O)CCCC/C=C\C/C=C\C/C=C\CCCCC)COP(=O)([O-])OCC[N+](C)(C)C. The van der Waals surface area contributed by atoms with Crippen molar-refractivity contribution in [1.29, 1.82) is 0 Å². The lowest BCUT2D eigenvalue weighted by atomic mass is 10.1. The molecule has 0 saturated carbocycles. The van der Waals surface area contributed by atoms with E-state index in [1.807, 2.05) is 33.3 Å². The van der Waals surface area contributed by atoms with Crippen LogP contribution in [0.5, 0.6) is 0 Å². The zero-order chi connectivity index (χ0) is 42.3. The van der Waals surface area contributed by atoms with E-state index in [0.717, 1.165) is 57.8 Å². The average molecular weight is 818 g/mol. The summed E-state index contributed by atoms with van der Waals surface area (Å²) in [6, 6.07) is 0. The molecule has 11 heteroatoms. The molecule has 0 fully saturated rings. The molecule has 0 spiro atoms. The molecule has 0 aliphatic heterocycles. The summed E-state index contributed by atoms with van der Waals surface area (Å²) in [5.74, 6) is -1.10. The number of hydrogen-bond donors (Lipinski definition) is 1. The van der Waals surface area contributed by atoms with E-state index in [1.165, 1.54) is 19.3 Å². The van der Waals surface area contributed by atoms with Crippen LogP contribution in [0.15, 0.2) is 97.2 Å². The number of phosphoric acid groups is 1. The van der Waals surface area contributed by atoms with Crippen LogP contribution in [-0.2, 0) is 32.7 Å². The van der Waals surface area contributed by atoms with Crippen LogP contribution in [0.2, 0.25) is 0 Å². The highest BCUT2D eigenvalue weighted by Gasteiger charge is 2.22. The van der Waals surface area contributed by atoms with Crippen LogP contribution < -0.4 is 4.89 Å². The van der Waals surface area contributed by atoms with E-state index >= 15 is 0 Å². The maximum absolute atomic E-state index is 12.7. The quantitative estimate of drug-likeness (QED) is 0.0164. The van der Waals surface area contributed by atoms with Gasteiger partial charge in [-0.15, -0.1) is 0 Å². The number of unbranched alkanes of at least 4 members (excludes halogenated alkanes) is 5. The van der Waals surface area contributed by atoms with Crippen molar-refractivity contribution < 1.29 is 47.2 Å². The van der Waals surface area contributed by atoms with Crippen LogP contribution in [0, 0.1) is 0 Å². The molecule has 0 aromatic carbocycles. The summed E-state index contributed by atoms with van der Waals surface area (Å²) in [4.78, 5) is 37.5. The van der Waals surface area contributed by atoms with Gasteiger partial charge in [0.15, 0.2) is 6.10 Å². The van der Waals surface area contributed by atoms with Crippen molar-refractivity contribution in [3.63, 3.8) is 0 Å². The van der Waals surface area contributed by atoms with Crippen molar-refractivity contribution in [3.8, 4) is 0 Å². The number of hydrogen-bond acceptors (Lipinski definition) is 9. The Morgan fingerprint density at radius 1 is 0.667 bits per heavy atom. The van der Waals surface area contributed by atoms with Gasteiger partial charge in [-0.1, -0.05) is 124 Å². The highest BCUT2D eigenvalue weighted by molar-refractivity contribution is 7.45.